The summed E-state index contributed by atoms with van der Waals surface area (Å²) in [6, 6.07) is 8.42. The molecule has 1 fully saturated rings. The Labute approximate surface area is 236 Å². The minimum absolute atomic E-state index is 0.0719. The summed E-state index contributed by atoms with van der Waals surface area (Å²) in [5.41, 5.74) is 5.10. The lowest BCUT2D eigenvalue weighted by atomic mass is 9.88. The third kappa shape index (κ3) is 4.84. The zero-order chi connectivity index (χ0) is 28.2. The third-order valence-electron chi connectivity index (χ3n) is 8.28. The smallest absolute Gasteiger partial charge is 0.257 e. The third-order valence-corrected chi connectivity index (χ3v) is 8.73. The Morgan fingerprint density at radius 2 is 1.85 bits per heavy atom. The summed E-state index contributed by atoms with van der Waals surface area (Å²) in [6.07, 6.45) is 2.26. The second-order valence-electron chi connectivity index (χ2n) is 11.0. The number of amides is 2. The molecule has 2 unspecified atom stereocenters. The molecule has 1 aromatic heterocycles. The van der Waals surface area contributed by atoms with Crippen molar-refractivity contribution in [2.24, 2.45) is 5.92 Å². The second kappa shape index (κ2) is 10.4. The maximum absolute atomic E-state index is 14.3. The van der Waals surface area contributed by atoms with E-state index in [0.717, 1.165) is 37.8 Å². The Morgan fingerprint density at radius 1 is 1.13 bits per heavy atom. The van der Waals surface area contributed by atoms with Gasteiger partial charge in [0, 0.05) is 47.0 Å². The summed E-state index contributed by atoms with van der Waals surface area (Å²) >= 11 is 3.60. The van der Waals surface area contributed by atoms with Crippen LogP contribution in [-0.2, 0) is 22.6 Å². The average Bonchev–Trinajstić information content (AvgIpc) is 3.11. The first kappa shape index (κ1) is 27.3. The number of aromatic nitrogens is 1. The molecule has 8 heteroatoms. The predicted octanol–water partition coefficient (Wildman–Crippen LogP) is 5.91. The van der Waals surface area contributed by atoms with Gasteiger partial charge >= 0.3 is 0 Å². The molecule has 0 radical (unpaired) electrons. The van der Waals surface area contributed by atoms with Crippen molar-refractivity contribution < 1.29 is 18.8 Å². The van der Waals surface area contributed by atoms with E-state index in [2.05, 4.69) is 22.5 Å². The zero-order valence-corrected chi connectivity index (χ0v) is 24.3. The Hall–Kier alpha value is -3.26. The highest BCUT2D eigenvalue weighted by atomic mass is 79.9. The second-order valence-corrected chi connectivity index (χ2v) is 11.9. The zero-order valence-electron chi connectivity index (χ0n) is 22.8. The summed E-state index contributed by atoms with van der Waals surface area (Å²) < 4.78 is 16.8. The molecule has 0 spiro atoms. The number of aryl methyl sites for hydroxylation is 1. The van der Waals surface area contributed by atoms with Crippen molar-refractivity contribution in [2.75, 3.05) is 13.1 Å². The van der Waals surface area contributed by atoms with Crippen LogP contribution in [0.3, 0.4) is 0 Å². The first-order chi connectivity index (χ1) is 18.5. The molecule has 0 N–H and O–H groups in total. The van der Waals surface area contributed by atoms with E-state index in [1.807, 2.05) is 49.3 Å². The van der Waals surface area contributed by atoms with Crippen molar-refractivity contribution in [2.45, 2.75) is 59.2 Å². The van der Waals surface area contributed by atoms with E-state index in [9.17, 15) is 18.8 Å². The van der Waals surface area contributed by atoms with Crippen LogP contribution < -0.4 is 0 Å². The molecule has 2 aromatic carbocycles. The number of nitrogens with zero attached hydrogens (tertiary/aromatic N) is 3. The number of likely N-dealkylation sites (tertiary alicyclic amines) is 1. The van der Waals surface area contributed by atoms with Gasteiger partial charge in [0.2, 0.25) is 5.91 Å². The van der Waals surface area contributed by atoms with Crippen molar-refractivity contribution in [1.82, 2.24) is 14.4 Å². The molecular weight excluding hydrogens is 561 g/mol. The van der Waals surface area contributed by atoms with Crippen LogP contribution in [0, 0.1) is 25.6 Å². The maximum Gasteiger partial charge on any atom is 0.257 e. The number of hydrogen-bond acceptors (Lipinski definition) is 3. The number of halogens is 2. The van der Waals surface area contributed by atoms with Gasteiger partial charge in [-0.2, -0.15) is 0 Å². The van der Waals surface area contributed by atoms with Crippen LogP contribution in [0.2, 0.25) is 0 Å². The van der Waals surface area contributed by atoms with Gasteiger partial charge in [0.25, 0.3) is 5.91 Å². The number of Topliss-reactive ketones (excluding diaryl/α,β-unsaturated/α-hetero) is 1. The summed E-state index contributed by atoms with van der Waals surface area (Å²) in [4.78, 5) is 42.9. The molecule has 0 bridgehead atoms. The fourth-order valence-corrected chi connectivity index (χ4v) is 7.00. The fraction of sp³-hybridized carbons (Fsp3) is 0.387. The molecule has 204 valence electrons. The molecule has 39 heavy (non-hydrogen) atoms. The first-order valence-electron chi connectivity index (χ1n) is 13.3. The average molecular weight is 595 g/mol. The van der Waals surface area contributed by atoms with Gasteiger partial charge in [-0.3, -0.25) is 14.4 Å². The monoisotopic (exact) mass is 593 g/mol. The molecular formula is C31H33BrFN3O3. The molecule has 2 aliphatic heterocycles. The van der Waals surface area contributed by atoms with Crippen molar-refractivity contribution in [3.63, 3.8) is 0 Å². The van der Waals surface area contributed by atoms with Gasteiger partial charge in [-0.1, -0.05) is 28.6 Å². The van der Waals surface area contributed by atoms with Gasteiger partial charge < -0.3 is 14.4 Å². The number of ketones is 1. The standard InChI is InChI=1S/C31H33BrFN3O3/c1-6-28(38)34-14-21(15-34)11-25(37)16-35-20(5)29(27-13-23(32)9-17(2)30(27)35)31(39)36-18(3)10-22-12-24(33)7-8-26(22)19(36)4/h6-9,12-13,18-19,21H,1,10-11,14-16H2,2-5H3. The molecule has 2 aliphatic rings. The van der Waals surface area contributed by atoms with E-state index in [1.54, 1.807) is 17.0 Å². The van der Waals surface area contributed by atoms with Crippen LogP contribution in [0.5, 0.6) is 0 Å². The van der Waals surface area contributed by atoms with Crippen LogP contribution >= 0.6 is 15.9 Å². The van der Waals surface area contributed by atoms with Crippen molar-refractivity contribution >= 4 is 44.4 Å². The lowest BCUT2D eigenvalue weighted by Gasteiger charge is -2.40. The molecule has 2 amide bonds. The number of carbonyl (C=O) groups excluding carboxylic acids is 3. The van der Waals surface area contributed by atoms with Crippen LogP contribution in [0.1, 0.15) is 59.1 Å². The van der Waals surface area contributed by atoms with Crippen LogP contribution in [0.15, 0.2) is 47.5 Å². The Morgan fingerprint density at radius 3 is 2.54 bits per heavy atom. The number of fused-ring (bicyclic) bond motifs is 2. The van der Waals surface area contributed by atoms with Gasteiger partial charge in [0.15, 0.2) is 5.78 Å². The minimum Gasteiger partial charge on any atom is -0.338 e. The number of hydrogen-bond donors (Lipinski definition) is 0. The summed E-state index contributed by atoms with van der Waals surface area (Å²) in [6.45, 7) is 12.7. The van der Waals surface area contributed by atoms with Gasteiger partial charge in [-0.15, -0.1) is 0 Å². The SMILES string of the molecule is C=CC(=O)N1CC(CC(=O)Cn2c(C)c(C(=O)N3C(C)Cc4cc(F)ccc4C3C)c3cc(Br)cc(C)c32)C1. The quantitative estimate of drug-likeness (QED) is 0.334. The van der Waals surface area contributed by atoms with E-state index >= 15 is 0 Å². The van der Waals surface area contributed by atoms with E-state index in [-0.39, 0.29) is 48.0 Å². The maximum atomic E-state index is 14.3. The highest BCUT2D eigenvalue weighted by molar-refractivity contribution is 9.10. The largest absolute Gasteiger partial charge is 0.338 e. The Balaban J connectivity index is 1.48. The topological polar surface area (TPSA) is 62.6 Å². The van der Waals surface area contributed by atoms with Crippen LogP contribution in [0.4, 0.5) is 4.39 Å². The molecule has 2 atom stereocenters. The fourth-order valence-electron chi connectivity index (χ4n) is 6.43. The highest BCUT2D eigenvalue weighted by Gasteiger charge is 2.36. The number of carbonyl (C=O) groups is 3. The van der Waals surface area contributed by atoms with Crippen LogP contribution in [0.25, 0.3) is 10.9 Å². The molecule has 6 nitrogen and oxygen atoms in total. The molecule has 0 aliphatic carbocycles. The van der Waals surface area contributed by atoms with Gasteiger partial charge in [-0.05, 0) is 81.1 Å². The summed E-state index contributed by atoms with van der Waals surface area (Å²) in [5, 5.41) is 0.813. The van der Waals surface area contributed by atoms with Crippen molar-refractivity contribution in [3.05, 3.63) is 81.2 Å². The Kier molecular flexibility index (Phi) is 7.27. The Bertz CT molecular complexity index is 1520. The van der Waals surface area contributed by atoms with E-state index in [0.29, 0.717) is 31.5 Å². The first-order valence-corrected chi connectivity index (χ1v) is 14.1. The van der Waals surface area contributed by atoms with E-state index in [4.69, 9.17) is 0 Å². The lowest BCUT2D eigenvalue weighted by Crippen LogP contribution is -2.50. The normalized spacial score (nSPS) is 19.1. The minimum atomic E-state index is -0.265. The van der Waals surface area contributed by atoms with Crippen LogP contribution in [-0.4, -0.2) is 51.1 Å². The number of rotatable bonds is 6. The van der Waals surface area contributed by atoms with E-state index in [1.165, 1.54) is 12.1 Å². The van der Waals surface area contributed by atoms with Gasteiger partial charge in [-0.25, -0.2) is 4.39 Å². The van der Waals surface area contributed by atoms with E-state index < -0.39 is 0 Å². The molecule has 3 aromatic rings. The summed E-state index contributed by atoms with van der Waals surface area (Å²) in [7, 11) is 0. The van der Waals surface area contributed by atoms with Crippen molar-refractivity contribution in [3.8, 4) is 0 Å². The summed E-state index contributed by atoms with van der Waals surface area (Å²) in [5.74, 6) is -0.251. The molecule has 1 saturated heterocycles. The molecule has 0 saturated carbocycles. The van der Waals surface area contributed by atoms with Crippen molar-refractivity contribution in [1.29, 1.82) is 0 Å². The van der Waals surface area contributed by atoms with Gasteiger partial charge in [0.05, 0.1) is 23.7 Å². The molecule has 5 rings (SSSR count). The lowest BCUT2D eigenvalue weighted by molar-refractivity contribution is -0.134. The number of benzene rings is 2. The van der Waals surface area contributed by atoms with Gasteiger partial charge in [0.1, 0.15) is 5.82 Å². The highest BCUT2D eigenvalue weighted by Crippen LogP contribution is 2.38. The predicted molar refractivity (Wildman–Crippen MR) is 153 cm³/mol. The molecule has 3 heterocycles.